The summed E-state index contributed by atoms with van der Waals surface area (Å²) in [5.41, 5.74) is 2.41. The van der Waals surface area contributed by atoms with E-state index in [0.29, 0.717) is 30.8 Å². The Bertz CT molecular complexity index is 1540. The van der Waals surface area contributed by atoms with Crippen molar-refractivity contribution in [2.75, 3.05) is 5.32 Å². The van der Waals surface area contributed by atoms with Crippen LogP contribution in [0.4, 0.5) is 10.6 Å². The summed E-state index contributed by atoms with van der Waals surface area (Å²) in [6, 6.07) is 21.2. The highest BCUT2D eigenvalue weighted by Gasteiger charge is 2.51. The number of amides is 1. The molecule has 1 heterocycles. The molecule has 4 aromatic rings. The predicted octanol–water partition coefficient (Wildman–Crippen LogP) is 5.88. The molecule has 186 valence electrons. The number of carbonyl (C=O) groups is 2. The molecule has 1 atom stereocenters. The Balaban J connectivity index is 1.34. The first-order valence-electron chi connectivity index (χ1n) is 12.3. The Labute approximate surface area is 215 Å². The molecule has 1 aliphatic carbocycles. The van der Waals surface area contributed by atoms with Crippen molar-refractivity contribution in [3.63, 3.8) is 0 Å². The summed E-state index contributed by atoms with van der Waals surface area (Å²) in [5.74, 6) is 6.00. The summed E-state index contributed by atoms with van der Waals surface area (Å²) < 4.78 is 7.22. The summed E-state index contributed by atoms with van der Waals surface area (Å²) in [7, 11) is 0. The molecule has 1 fully saturated rings. The van der Waals surface area contributed by atoms with Gasteiger partial charge in [-0.25, -0.2) is 9.48 Å². The van der Waals surface area contributed by atoms with Crippen LogP contribution in [-0.2, 0) is 21.5 Å². The summed E-state index contributed by atoms with van der Waals surface area (Å²) in [6.45, 7) is 4.31. The molecule has 7 nitrogen and oxygen atoms in total. The lowest BCUT2D eigenvalue weighted by Gasteiger charge is -2.14. The normalized spacial score (nSPS) is 14.3. The molecular weight excluding hydrogens is 466 g/mol. The van der Waals surface area contributed by atoms with Gasteiger partial charge in [0.2, 0.25) is 0 Å². The zero-order valence-corrected chi connectivity index (χ0v) is 20.7. The van der Waals surface area contributed by atoms with E-state index in [4.69, 9.17) is 4.74 Å². The predicted molar refractivity (Wildman–Crippen MR) is 141 cm³/mol. The van der Waals surface area contributed by atoms with E-state index >= 15 is 0 Å². The van der Waals surface area contributed by atoms with Crippen molar-refractivity contribution < 1.29 is 19.4 Å². The van der Waals surface area contributed by atoms with Crippen molar-refractivity contribution in [3.8, 4) is 11.8 Å². The Morgan fingerprint density at radius 1 is 1.08 bits per heavy atom. The molecule has 1 aromatic heterocycles. The Hall–Kier alpha value is -4.57. The average Bonchev–Trinajstić information content (AvgIpc) is 3.64. The van der Waals surface area contributed by atoms with Crippen molar-refractivity contribution in [3.05, 3.63) is 95.2 Å². The minimum atomic E-state index is -0.759. The maximum Gasteiger partial charge on any atom is 0.413 e. The van der Waals surface area contributed by atoms with Crippen molar-refractivity contribution in [1.29, 1.82) is 0 Å². The molecule has 2 N–H and O–H groups in total. The van der Waals surface area contributed by atoms with Gasteiger partial charge in [-0.3, -0.25) is 10.1 Å². The molecule has 7 heteroatoms. The molecule has 1 unspecified atom stereocenters. The lowest BCUT2D eigenvalue weighted by molar-refractivity contribution is -0.140. The molecule has 0 bridgehead atoms. The topological polar surface area (TPSA) is 93.5 Å². The lowest BCUT2D eigenvalue weighted by Crippen LogP contribution is -2.19. The van der Waals surface area contributed by atoms with Gasteiger partial charge in [-0.2, -0.15) is 5.10 Å². The van der Waals surface area contributed by atoms with Crippen LogP contribution in [0, 0.1) is 11.8 Å². The highest BCUT2D eigenvalue weighted by molar-refractivity contribution is 5.90. The smallest absolute Gasteiger partial charge is 0.413 e. The monoisotopic (exact) mass is 493 g/mol. The zero-order chi connectivity index (χ0) is 26.0. The first kappa shape index (κ1) is 24.1. The first-order valence-corrected chi connectivity index (χ1v) is 12.3. The number of nitrogens with one attached hydrogen (secondary N) is 1. The first-order chi connectivity index (χ1) is 17.9. The van der Waals surface area contributed by atoms with E-state index in [-0.39, 0.29) is 0 Å². The average molecular weight is 494 g/mol. The third kappa shape index (κ3) is 4.91. The largest absolute Gasteiger partial charge is 0.481 e. The van der Waals surface area contributed by atoms with Crippen molar-refractivity contribution in [2.24, 2.45) is 0 Å². The van der Waals surface area contributed by atoms with E-state index in [2.05, 4.69) is 22.3 Å². The van der Waals surface area contributed by atoms with E-state index < -0.39 is 23.6 Å². The van der Waals surface area contributed by atoms with E-state index in [1.165, 1.54) is 0 Å². The number of fused-ring (bicyclic) bond motifs is 1. The molecule has 3 aromatic carbocycles. The zero-order valence-electron chi connectivity index (χ0n) is 20.7. The number of ether oxygens (including phenoxy) is 1. The Morgan fingerprint density at radius 2 is 1.81 bits per heavy atom. The third-order valence-electron chi connectivity index (χ3n) is 6.81. The molecular formula is C30H27N3O4. The van der Waals surface area contributed by atoms with Gasteiger partial charge in [0.05, 0.1) is 17.2 Å². The summed E-state index contributed by atoms with van der Waals surface area (Å²) in [4.78, 5) is 24.3. The molecule has 0 spiro atoms. The fourth-order valence-corrected chi connectivity index (χ4v) is 4.44. The standard InChI is InChI=1S/C30H27N3O4/c1-3-33-27(32-29(36)37-20(2)22-7-5-4-6-8-22)25(19-31-33)12-10-21-9-11-24-18-26(14-13-23(24)17-21)30(15-16-30)28(34)35/h4-9,11,13-14,17-20H,3,15-16H2,1-2H3,(H,32,36)(H,34,35). The number of carboxylic acids is 1. The van der Waals surface area contributed by atoms with E-state index in [0.717, 1.165) is 27.5 Å². The molecule has 1 aliphatic rings. The summed E-state index contributed by atoms with van der Waals surface area (Å²) in [5, 5.41) is 18.7. The molecule has 0 aliphatic heterocycles. The number of carboxylic acid groups (broad SMARTS) is 1. The van der Waals surface area contributed by atoms with Crippen LogP contribution in [0.25, 0.3) is 10.8 Å². The number of hydrogen-bond donors (Lipinski definition) is 2. The fourth-order valence-electron chi connectivity index (χ4n) is 4.44. The van der Waals surface area contributed by atoms with Crippen LogP contribution in [-0.4, -0.2) is 26.9 Å². The number of rotatable bonds is 6. The van der Waals surface area contributed by atoms with Crippen LogP contribution in [0.1, 0.15) is 55.0 Å². The van der Waals surface area contributed by atoms with Gasteiger partial charge in [0.25, 0.3) is 0 Å². The van der Waals surface area contributed by atoms with E-state index in [9.17, 15) is 14.7 Å². The molecule has 0 radical (unpaired) electrons. The second-order valence-corrected chi connectivity index (χ2v) is 9.22. The van der Waals surface area contributed by atoms with Gasteiger partial charge in [0.1, 0.15) is 11.9 Å². The van der Waals surface area contributed by atoms with Gasteiger partial charge in [-0.15, -0.1) is 0 Å². The number of benzene rings is 3. The number of nitrogens with zero attached hydrogens (tertiary/aromatic N) is 2. The Morgan fingerprint density at radius 3 is 2.51 bits per heavy atom. The molecule has 1 saturated carbocycles. The SMILES string of the molecule is CCn1ncc(C#Cc2ccc3cc(C4(C(=O)O)CC4)ccc3c2)c1NC(=O)OC(C)c1ccccc1. The highest BCUT2D eigenvalue weighted by Crippen LogP contribution is 2.48. The van der Waals surface area contributed by atoms with E-state index in [1.807, 2.05) is 80.6 Å². The Kier molecular flexibility index (Phi) is 6.41. The van der Waals surface area contributed by atoms with Crippen LogP contribution in [0.5, 0.6) is 0 Å². The van der Waals surface area contributed by atoms with E-state index in [1.54, 1.807) is 10.9 Å². The van der Waals surface area contributed by atoms with Crippen molar-refractivity contribution in [2.45, 2.75) is 44.8 Å². The van der Waals surface area contributed by atoms with Crippen LogP contribution in [0.15, 0.2) is 72.9 Å². The highest BCUT2D eigenvalue weighted by atomic mass is 16.6. The maximum atomic E-state index is 12.6. The number of anilines is 1. The van der Waals surface area contributed by atoms with Gasteiger partial charge in [-0.1, -0.05) is 66.4 Å². The number of aliphatic carboxylic acids is 1. The second-order valence-electron chi connectivity index (χ2n) is 9.22. The van der Waals surface area contributed by atoms with Crippen LogP contribution in [0.2, 0.25) is 0 Å². The summed E-state index contributed by atoms with van der Waals surface area (Å²) >= 11 is 0. The van der Waals surface area contributed by atoms with Gasteiger partial charge < -0.3 is 9.84 Å². The number of carbonyl (C=O) groups excluding carboxylic acids is 1. The molecule has 0 saturated heterocycles. The minimum Gasteiger partial charge on any atom is -0.481 e. The molecule has 5 rings (SSSR count). The molecule has 37 heavy (non-hydrogen) atoms. The van der Waals surface area contributed by atoms with Gasteiger partial charge in [0, 0.05) is 12.1 Å². The summed E-state index contributed by atoms with van der Waals surface area (Å²) in [6.07, 6.45) is 2.00. The number of hydrogen-bond acceptors (Lipinski definition) is 4. The van der Waals surface area contributed by atoms with Gasteiger partial charge >= 0.3 is 12.1 Å². The quantitative estimate of drug-likeness (QED) is 0.327. The minimum absolute atomic E-state index is 0.405. The molecule has 1 amide bonds. The van der Waals surface area contributed by atoms with Gasteiger partial charge in [0.15, 0.2) is 0 Å². The van der Waals surface area contributed by atoms with Crippen LogP contribution >= 0.6 is 0 Å². The maximum absolute atomic E-state index is 12.6. The fraction of sp³-hybridized carbons (Fsp3) is 0.233. The van der Waals surface area contributed by atoms with Crippen LogP contribution < -0.4 is 5.32 Å². The number of aromatic nitrogens is 2. The van der Waals surface area contributed by atoms with Crippen molar-refractivity contribution >= 4 is 28.7 Å². The third-order valence-corrected chi connectivity index (χ3v) is 6.81. The lowest BCUT2D eigenvalue weighted by atomic mass is 9.93. The second kappa shape index (κ2) is 9.82. The number of aryl methyl sites for hydroxylation is 1. The van der Waals surface area contributed by atoms with Crippen LogP contribution in [0.3, 0.4) is 0 Å². The van der Waals surface area contributed by atoms with Crippen molar-refractivity contribution in [1.82, 2.24) is 9.78 Å². The van der Waals surface area contributed by atoms with Gasteiger partial charge in [-0.05, 0) is 60.7 Å².